The van der Waals surface area contributed by atoms with Gasteiger partial charge in [-0.3, -0.25) is 4.79 Å². The molecule has 0 fully saturated rings. The first-order chi connectivity index (χ1) is 14.0. The molecule has 0 radical (unpaired) electrons. The predicted octanol–water partition coefficient (Wildman–Crippen LogP) is 0.498. The van der Waals surface area contributed by atoms with Gasteiger partial charge in [0.25, 0.3) is 10.2 Å². The number of nitrogens with one attached hydrogen (secondary N) is 1. The lowest BCUT2D eigenvalue weighted by Gasteiger charge is -2.24. The number of rotatable bonds is 10. The first-order valence-electron chi connectivity index (χ1n) is 8.61. The Kier molecular flexibility index (Phi) is 7.78. The van der Waals surface area contributed by atoms with Crippen LogP contribution in [0.4, 0.5) is 5.69 Å². The minimum atomic E-state index is -4.34. The van der Waals surface area contributed by atoms with Crippen LogP contribution in [0, 0.1) is 0 Å². The zero-order chi connectivity index (χ0) is 22.4. The van der Waals surface area contributed by atoms with Crippen molar-refractivity contribution in [3.8, 4) is 5.75 Å². The van der Waals surface area contributed by atoms with Crippen LogP contribution in [0.25, 0.3) is 0 Å². The van der Waals surface area contributed by atoms with E-state index in [0.717, 1.165) is 18.9 Å². The molecule has 0 unspecified atom stereocenters. The highest BCUT2D eigenvalue weighted by Crippen LogP contribution is 2.32. The van der Waals surface area contributed by atoms with E-state index in [1.807, 2.05) is 30.3 Å². The fourth-order valence-corrected chi connectivity index (χ4v) is 3.57. The Morgan fingerprint density at radius 1 is 1.07 bits per heavy atom. The van der Waals surface area contributed by atoms with Crippen molar-refractivity contribution in [3.63, 3.8) is 0 Å². The van der Waals surface area contributed by atoms with E-state index in [1.165, 1.54) is 18.2 Å². The van der Waals surface area contributed by atoms with Gasteiger partial charge < -0.3 is 9.47 Å². The lowest BCUT2D eigenvalue weighted by atomic mass is 10.2. The van der Waals surface area contributed by atoms with Crippen LogP contribution in [-0.4, -0.2) is 42.7 Å². The molecule has 0 atom stereocenters. The molecule has 0 aliphatic heterocycles. The summed E-state index contributed by atoms with van der Waals surface area (Å²) in [5.41, 5.74) is 1.35. The minimum absolute atomic E-state index is 0.0157. The highest BCUT2D eigenvalue weighted by Gasteiger charge is 2.25. The molecule has 2 rings (SSSR count). The summed E-state index contributed by atoms with van der Waals surface area (Å²) in [4.78, 5) is 11.7. The molecule has 3 N–H and O–H groups in total. The number of anilines is 1. The van der Waals surface area contributed by atoms with Gasteiger partial charge in [0, 0.05) is 6.54 Å². The number of methoxy groups -OCH3 is 1. The molecule has 0 saturated carbocycles. The van der Waals surface area contributed by atoms with Crippen LogP contribution in [0.3, 0.4) is 0 Å². The monoisotopic (exact) mass is 457 g/mol. The molecule has 0 saturated heterocycles. The molecule has 0 bridgehead atoms. The van der Waals surface area contributed by atoms with Gasteiger partial charge >= 0.3 is 5.97 Å². The highest BCUT2D eigenvalue weighted by atomic mass is 32.2. The van der Waals surface area contributed by atoms with E-state index in [-0.39, 0.29) is 24.6 Å². The van der Waals surface area contributed by atoms with Crippen LogP contribution in [-0.2, 0) is 42.9 Å². The summed E-state index contributed by atoms with van der Waals surface area (Å²) in [7, 11) is -6.65. The fourth-order valence-electron chi connectivity index (χ4n) is 2.43. The number of hydrogen-bond donors (Lipinski definition) is 2. The fraction of sp³-hybridized carbons (Fsp3) is 0.278. The van der Waals surface area contributed by atoms with Crippen molar-refractivity contribution in [2.24, 2.45) is 5.14 Å². The summed E-state index contributed by atoms with van der Waals surface area (Å²) in [6.07, 6.45) is 1.02. The van der Waals surface area contributed by atoms with E-state index in [2.05, 4.69) is 9.46 Å². The normalized spacial score (nSPS) is 11.7. The molecule has 0 aromatic heterocycles. The third-order valence-electron chi connectivity index (χ3n) is 3.88. The first-order valence-corrected chi connectivity index (χ1v) is 12.0. The molecule has 30 heavy (non-hydrogen) atoms. The first kappa shape index (κ1) is 23.6. The Morgan fingerprint density at radius 3 is 2.30 bits per heavy atom. The molecule has 0 spiro atoms. The third-order valence-corrected chi connectivity index (χ3v) is 5.48. The summed E-state index contributed by atoms with van der Waals surface area (Å²) >= 11 is 0. The number of nitrogens with two attached hydrogens (primary N) is 1. The average Bonchev–Trinajstić information content (AvgIpc) is 2.68. The van der Waals surface area contributed by atoms with Crippen LogP contribution in [0.1, 0.15) is 11.1 Å². The molecule has 164 valence electrons. The Balaban J connectivity index is 2.43. The number of carbonyl (C=O) groups is 1. The van der Waals surface area contributed by atoms with Crippen molar-refractivity contribution in [2.45, 2.75) is 13.2 Å². The van der Waals surface area contributed by atoms with E-state index < -0.39 is 32.7 Å². The van der Waals surface area contributed by atoms with Crippen molar-refractivity contribution in [1.82, 2.24) is 4.72 Å². The van der Waals surface area contributed by atoms with Crippen LogP contribution < -0.4 is 18.9 Å². The lowest BCUT2D eigenvalue weighted by molar-refractivity contribution is -0.138. The number of sulfonamides is 1. The van der Waals surface area contributed by atoms with Crippen LogP contribution in [0.2, 0.25) is 0 Å². The molecule has 0 aliphatic rings. The maximum Gasteiger partial charge on any atom is 0.326 e. The Hall–Kier alpha value is -2.67. The summed E-state index contributed by atoms with van der Waals surface area (Å²) in [6.45, 7) is -0.585. The maximum atomic E-state index is 12.1. The van der Waals surface area contributed by atoms with Crippen molar-refractivity contribution in [2.75, 3.05) is 24.2 Å². The van der Waals surface area contributed by atoms with E-state index in [9.17, 15) is 21.6 Å². The molecule has 2 aromatic rings. The second kappa shape index (κ2) is 9.89. The SMILES string of the molecule is COC(=O)CN(c1ccc(CNS(C)(=O)=O)cc1OCc1ccccc1)S(N)(=O)=O. The molecular weight excluding hydrogens is 434 g/mol. The van der Waals surface area contributed by atoms with Crippen LogP contribution in [0.5, 0.6) is 5.75 Å². The van der Waals surface area contributed by atoms with E-state index in [4.69, 9.17) is 9.88 Å². The van der Waals surface area contributed by atoms with Gasteiger partial charge in [0.15, 0.2) is 0 Å². The average molecular weight is 458 g/mol. The Bertz CT molecular complexity index is 1090. The van der Waals surface area contributed by atoms with Gasteiger partial charge in [-0.05, 0) is 23.3 Å². The second-order valence-corrected chi connectivity index (χ2v) is 9.60. The van der Waals surface area contributed by atoms with Gasteiger partial charge in [-0.1, -0.05) is 36.4 Å². The van der Waals surface area contributed by atoms with Crippen molar-refractivity contribution >= 4 is 31.9 Å². The summed E-state index contributed by atoms with van der Waals surface area (Å²) in [6, 6.07) is 13.5. The van der Waals surface area contributed by atoms with Crippen molar-refractivity contribution in [1.29, 1.82) is 0 Å². The van der Waals surface area contributed by atoms with E-state index in [1.54, 1.807) is 0 Å². The van der Waals surface area contributed by atoms with Gasteiger partial charge in [-0.15, -0.1) is 0 Å². The van der Waals surface area contributed by atoms with Gasteiger partial charge in [0.05, 0.1) is 19.1 Å². The van der Waals surface area contributed by atoms with Gasteiger partial charge in [0.2, 0.25) is 10.0 Å². The topological polar surface area (TPSA) is 145 Å². The minimum Gasteiger partial charge on any atom is -0.487 e. The smallest absolute Gasteiger partial charge is 0.326 e. The zero-order valence-electron chi connectivity index (χ0n) is 16.4. The van der Waals surface area contributed by atoms with Crippen LogP contribution >= 0.6 is 0 Å². The zero-order valence-corrected chi connectivity index (χ0v) is 18.1. The molecule has 0 amide bonds. The molecule has 2 aromatic carbocycles. The maximum absolute atomic E-state index is 12.1. The van der Waals surface area contributed by atoms with E-state index in [0.29, 0.717) is 9.87 Å². The quantitative estimate of drug-likeness (QED) is 0.494. The third kappa shape index (κ3) is 7.30. The number of esters is 1. The Morgan fingerprint density at radius 2 is 1.73 bits per heavy atom. The number of nitrogens with zero attached hydrogens (tertiary/aromatic N) is 1. The van der Waals surface area contributed by atoms with Gasteiger partial charge in [-0.25, -0.2) is 22.6 Å². The molecular formula is C18H23N3O7S2. The number of hydrogen-bond acceptors (Lipinski definition) is 7. The molecule has 12 heteroatoms. The van der Waals surface area contributed by atoms with E-state index >= 15 is 0 Å². The van der Waals surface area contributed by atoms with Crippen LogP contribution in [0.15, 0.2) is 48.5 Å². The molecule has 0 heterocycles. The predicted molar refractivity (Wildman–Crippen MR) is 111 cm³/mol. The van der Waals surface area contributed by atoms with Crippen molar-refractivity contribution in [3.05, 3.63) is 59.7 Å². The lowest BCUT2D eigenvalue weighted by Crippen LogP contribution is -2.41. The van der Waals surface area contributed by atoms with Gasteiger partial charge in [0.1, 0.15) is 18.9 Å². The summed E-state index contributed by atoms with van der Waals surface area (Å²) < 4.78 is 60.3. The standard InChI is InChI=1S/C18H23N3O7S2/c1-27-18(22)12-21(30(19,25)26)16-9-8-15(11-20-29(2,23)24)10-17(16)28-13-14-6-4-3-5-7-14/h3-10,20H,11-13H2,1-2H3,(H2,19,25,26). The largest absolute Gasteiger partial charge is 0.487 e. The highest BCUT2D eigenvalue weighted by molar-refractivity contribution is 7.90. The molecule has 10 nitrogen and oxygen atoms in total. The second-order valence-electron chi connectivity index (χ2n) is 6.30. The number of carbonyl (C=O) groups excluding carboxylic acids is 1. The Labute approximate surface area is 175 Å². The number of benzene rings is 2. The molecule has 0 aliphatic carbocycles. The van der Waals surface area contributed by atoms with Gasteiger partial charge in [-0.2, -0.15) is 8.42 Å². The number of ether oxygens (including phenoxy) is 2. The summed E-state index contributed by atoms with van der Waals surface area (Å²) in [5, 5.41) is 5.29. The summed E-state index contributed by atoms with van der Waals surface area (Å²) in [5.74, 6) is -0.717. The van der Waals surface area contributed by atoms with Crippen molar-refractivity contribution < 1.29 is 31.1 Å².